The van der Waals surface area contributed by atoms with Crippen molar-refractivity contribution in [1.82, 2.24) is 10.6 Å². The highest BCUT2D eigenvalue weighted by atomic mass is 35.5. The van der Waals surface area contributed by atoms with Crippen LogP contribution >= 0.6 is 24.8 Å². The third-order valence-electron chi connectivity index (χ3n) is 6.55. The van der Waals surface area contributed by atoms with Crippen LogP contribution in [0.25, 0.3) is 0 Å². The molecular formula is C29H48Cl2N2O4. The Morgan fingerprint density at radius 2 is 0.946 bits per heavy atom. The number of nitrogens with one attached hydrogen (secondary N) is 2. The van der Waals surface area contributed by atoms with Crippen molar-refractivity contribution >= 4 is 24.8 Å². The number of hydrogen-bond donors (Lipinski definition) is 2. The van der Waals surface area contributed by atoms with Crippen molar-refractivity contribution in [3.05, 3.63) is 46.5 Å². The van der Waals surface area contributed by atoms with E-state index < -0.39 is 0 Å². The minimum absolute atomic E-state index is 0. The summed E-state index contributed by atoms with van der Waals surface area (Å²) in [5, 5.41) is 7.19. The van der Waals surface area contributed by atoms with Gasteiger partial charge >= 0.3 is 0 Å². The number of ether oxygens (including phenoxy) is 4. The monoisotopic (exact) mass is 558 g/mol. The topological polar surface area (TPSA) is 61.0 Å². The van der Waals surface area contributed by atoms with Crippen LogP contribution in [0.5, 0.6) is 23.0 Å². The van der Waals surface area contributed by atoms with Crippen LogP contribution in [0.3, 0.4) is 0 Å². The lowest BCUT2D eigenvalue weighted by molar-refractivity contribution is 0.351. The van der Waals surface area contributed by atoms with Crippen LogP contribution in [0.4, 0.5) is 0 Å². The Labute approximate surface area is 237 Å². The predicted molar refractivity (Wildman–Crippen MR) is 159 cm³/mol. The van der Waals surface area contributed by atoms with Crippen LogP contribution in [-0.2, 0) is 25.7 Å². The van der Waals surface area contributed by atoms with Gasteiger partial charge in [0.25, 0.3) is 0 Å². The molecule has 0 spiro atoms. The number of benzene rings is 2. The molecule has 0 amide bonds. The third-order valence-corrected chi connectivity index (χ3v) is 6.55. The second-order valence-electron chi connectivity index (χ2n) is 8.65. The highest BCUT2D eigenvalue weighted by Gasteiger charge is 2.14. The zero-order chi connectivity index (χ0) is 25.5. The first-order valence-electron chi connectivity index (χ1n) is 13.0. The molecule has 2 aromatic carbocycles. The zero-order valence-electron chi connectivity index (χ0n) is 23.5. The van der Waals surface area contributed by atoms with Crippen molar-refractivity contribution in [3.63, 3.8) is 0 Å². The van der Waals surface area contributed by atoms with Gasteiger partial charge in [-0.2, -0.15) is 0 Å². The van der Waals surface area contributed by atoms with Gasteiger partial charge in [-0.3, -0.25) is 0 Å². The van der Waals surface area contributed by atoms with E-state index in [1.165, 1.54) is 41.5 Å². The fourth-order valence-corrected chi connectivity index (χ4v) is 4.68. The van der Waals surface area contributed by atoms with Crippen molar-refractivity contribution in [2.24, 2.45) is 0 Å². The van der Waals surface area contributed by atoms with Crippen LogP contribution in [0.1, 0.15) is 55.4 Å². The van der Waals surface area contributed by atoms with E-state index in [0.717, 1.165) is 74.9 Å². The van der Waals surface area contributed by atoms with Gasteiger partial charge in [-0.15, -0.1) is 24.8 Å². The van der Waals surface area contributed by atoms with Crippen molar-refractivity contribution in [1.29, 1.82) is 0 Å². The Bertz CT molecular complexity index is 825. The maximum Gasteiger partial charge on any atom is 0.164 e. The van der Waals surface area contributed by atoms with E-state index in [0.29, 0.717) is 0 Å². The smallest absolute Gasteiger partial charge is 0.164 e. The lowest BCUT2D eigenvalue weighted by atomic mass is 10.0. The van der Waals surface area contributed by atoms with E-state index >= 15 is 0 Å². The maximum absolute atomic E-state index is 5.59. The summed E-state index contributed by atoms with van der Waals surface area (Å²) in [5.41, 5.74) is 5.17. The summed E-state index contributed by atoms with van der Waals surface area (Å²) in [6.45, 7) is 8.40. The van der Waals surface area contributed by atoms with Gasteiger partial charge in [0.1, 0.15) is 0 Å². The van der Waals surface area contributed by atoms with Crippen LogP contribution < -0.4 is 29.6 Å². The average molecular weight is 560 g/mol. The molecule has 0 heterocycles. The molecule has 0 fully saturated rings. The van der Waals surface area contributed by atoms with Crippen LogP contribution in [0.2, 0.25) is 0 Å². The summed E-state index contributed by atoms with van der Waals surface area (Å²) in [7, 11) is 6.81. The standard InChI is InChI=1S/C29H46N2O4.2ClH/c1-7-24-22(12-14-26(32-3)28(24)34-5)16-20-30-18-10-9-11-19-31-21-17-23-13-15-27(33-4)29(35-6)25(23)8-2;;/h12-15,30-31H,7-11,16-21H2,1-6H3;2*1H. The minimum atomic E-state index is 0. The maximum atomic E-state index is 5.59. The Morgan fingerprint density at radius 1 is 0.541 bits per heavy atom. The molecule has 6 nitrogen and oxygen atoms in total. The molecular weight excluding hydrogens is 511 g/mol. The van der Waals surface area contributed by atoms with E-state index in [2.05, 4.69) is 36.6 Å². The lowest BCUT2D eigenvalue weighted by Gasteiger charge is -2.16. The molecule has 37 heavy (non-hydrogen) atoms. The summed E-state index contributed by atoms with van der Waals surface area (Å²) >= 11 is 0. The fraction of sp³-hybridized carbons (Fsp3) is 0.586. The van der Waals surface area contributed by atoms with Gasteiger partial charge in [0.15, 0.2) is 23.0 Å². The highest BCUT2D eigenvalue weighted by molar-refractivity contribution is 5.85. The molecule has 0 saturated heterocycles. The zero-order valence-corrected chi connectivity index (χ0v) is 25.2. The van der Waals surface area contributed by atoms with E-state index in [1.807, 2.05) is 12.1 Å². The molecule has 0 aliphatic carbocycles. The molecule has 0 aliphatic rings. The van der Waals surface area contributed by atoms with Gasteiger partial charge in [-0.05, 0) is 88.0 Å². The summed E-state index contributed by atoms with van der Waals surface area (Å²) in [6.07, 6.45) is 7.51. The average Bonchev–Trinajstić information content (AvgIpc) is 2.90. The molecule has 0 radical (unpaired) electrons. The van der Waals surface area contributed by atoms with Gasteiger partial charge in [0.2, 0.25) is 0 Å². The normalized spacial score (nSPS) is 10.3. The summed E-state index contributed by atoms with van der Waals surface area (Å²) in [5.74, 6) is 3.36. The van der Waals surface area contributed by atoms with Gasteiger partial charge in [0.05, 0.1) is 28.4 Å². The second-order valence-corrected chi connectivity index (χ2v) is 8.65. The van der Waals surface area contributed by atoms with Gasteiger partial charge in [-0.1, -0.05) is 32.4 Å². The molecule has 0 aromatic heterocycles. The first-order valence-corrected chi connectivity index (χ1v) is 13.0. The molecule has 0 unspecified atom stereocenters. The largest absolute Gasteiger partial charge is 0.493 e. The number of rotatable bonds is 18. The number of halogens is 2. The molecule has 2 N–H and O–H groups in total. The van der Waals surface area contributed by atoms with Gasteiger partial charge in [0, 0.05) is 11.1 Å². The fourth-order valence-electron chi connectivity index (χ4n) is 4.68. The summed E-state index contributed by atoms with van der Waals surface area (Å²) in [6, 6.07) is 8.35. The van der Waals surface area contributed by atoms with Crippen molar-refractivity contribution < 1.29 is 18.9 Å². The van der Waals surface area contributed by atoms with Crippen LogP contribution in [0.15, 0.2) is 24.3 Å². The molecule has 2 aromatic rings. The van der Waals surface area contributed by atoms with E-state index in [9.17, 15) is 0 Å². The summed E-state index contributed by atoms with van der Waals surface area (Å²) < 4.78 is 22.1. The first-order chi connectivity index (χ1) is 17.1. The Hall–Kier alpha value is -1.86. The Kier molecular flexibility index (Phi) is 19.1. The molecule has 0 aliphatic heterocycles. The third kappa shape index (κ3) is 10.4. The summed E-state index contributed by atoms with van der Waals surface area (Å²) in [4.78, 5) is 0. The van der Waals surface area contributed by atoms with E-state index in [4.69, 9.17) is 18.9 Å². The highest BCUT2D eigenvalue weighted by Crippen LogP contribution is 2.35. The Morgan fingerprint density at radius 3 is 1.27 bits per heavy atom. The van der Waals surface area contributed by atoms with Crippen molar-refractivity contribution in [3.8, 4) is 23.0 Å². The molecule has 2 rings (SSSR count). The molecule has 0 atom stereocenters. The number of unbranched alkanes of at least 4 members (excludes halogenated alkanes) is 2. The predicted octanol–water partition coefficient (Wildman–Crippen LogP) is 5.82. The molecule has 0 saturated carbocycles. The Balaban J connectivity index is 0.00000648. The minimum Gasteiger partial charge on any atom is -0.493 e. The van der Waals surface area contributed by atoms with E-state index in [-0.39, 0.29) is 24.8 Å². The van der Waals surface area contributed by atoms with Crippen LogP contribution in [-0.4, -0.2) is 54.6 Å². The number of hydrogen-bond acceptors (Lipinski definition) is 6. The molecule has 8 heteroatoms. The van der Waals surface area contributed by atoms with Crippen LogP contribution in [0, 0.1) is 0 Å². The number of methoxy groups -OCH3 is 4. The molecule has 0 bridgehead atoms. The lowest BCUT2D eigenvalue weighted by Crippen LogP contribution is -2.21. The van der Waals surface area contributed by atoms with Crippen molar-refractivity contribution in [2.45, 2.75) is 58.8 Å². The SMILES string of the molecule is CCc1c(CCNCCCCCNCCc2ccc(OC)c(OC)c2CC)ccc(OC)c1OC.Cl.Cl. The van der Waals surface area contributed by atoms with Crippen molar-refractivity contribution in [2.75, 3.05) is 54.6 Å². The quantitative estimate of drug-likeness (QED) is 0.225. The van der Waals surface area contributed by atoms with E-state index in [1.54, 1.807) is 28.4 Å². The van der Waals surface area contributed by atoms with Gasteiger partial charge < -0.3 is 29.6 Å². The molecule has 212 valence electrons. The first kappa shape index (κ1) is 35.1. The van der Waals surface area contributed by atoms with Gasteiger partial charge in [-0.25, -0.2) is 0 Å². The second kappa shape index (κ2) is 20.1.